The molecule has 2 unspecified atom stereocenters. The predicted octanol–water partition coefficient (Wildman–Crippen LogP) is 0.309. The minimum Gasteiger partial charge on any atom is -0.468 e. The fourth-order valence-electron chi connectivity index (χ4n) is 3.97. The molecule has 0 radical (unpaired) electrons. The van der Waals surface area contributed by atoms with Crippen molar-refractivity contribution >= 4 is 13.7 Å². The number of aliphatic hydroxyl groups excluding tert-OH is 1. The van der Waals surface area contributed by atoms with Gasteiger partial charge in [-0.1, -0.05) is 18.2 Å². The van der Waals surface area contributed by atoms with Gasteiger partial charge in [0.05, 0.1) is 20.3 Å². The fraction of sp³-hybridized carbons (Fsp3) is 0.476. The first kappa shape index (κ1) is 25.3. The van der Waals surface area contributed by atoms with Crippen LogP contribution in [0.2, 0.25) is 0 Å². The maximum Gasteiger partial charge on any atom is 0.459 e. The summed E-state index contributed by atoms with van der Waals surface area (Å²) in [7, 11) is -3.00. The first-order chi connectivity index (χ1) is 16.7. The average Bonchev–Trinajstić information content (AvgIpc) is 3.10. The molecular weight excluding hydrogens is 485 g/mol. The Bertz CT molecular complexity index is 1210. The molecule has 14 heteroatoms. The second-order valence-corrected chi connectivity index (χ2v) is 9.81. The average molecular weight is 511 g/mol. The van der Waals surface area contributed by atoms with Gasteiger partial charge in [0, 0.05) is 18.7 Å². The molecule has 0 saturated carbocycles. The number of hydrogen-bond acceptors (Lipinski definition) is 10. The van der Waals surface area contributed by atoms with E-state index in [9.17, 15) is 24.1 Å². The molecule has 4 rings (SSSR count). The van der Waals surface area contributed by atoms with Gasteiger partial charge in [-0.15, -0.1) is 0 Å². The van der Waals surface area contributed by atoms with Gasteiger partial charge < -0.3 is 23.8 Å². The van der Waals surface area contributed by atoms with Crippen molar-refractivity contribution in [3.63, 3.8) is 0 Å². The van der Waals surface area contributed by atoms with Crippen molar-refractivity contribution < 1.29 is 37.7 Å². The summed E-state index contributed by atoms with van der Waals surface area (Å²) in [4.78, 5) is 37.8. The summed E-state index contributed by atoms with van der Waals surface area (Å²) < 4.78 is 42.0. The quantitative estimate of drug-likeness (QED) is 0.313. The molecule has 13 nitrogen and oxygen atoms in total. The van der Waals surface area contributed by atoms with Gasteiger partial charge >= 0.3 is 19.4 Å². The van der Waals surface area contributed by atoms with Crippen LogP contribution < -0.4 is 20.9 Å². The number of esters is 1. The fourth-order valence-corrected chi connectivity index (χ4v) is 5.48. The highest BCUT2D eigenvalue weighted by Crippen LogP contribution is 2.50. The summed E-state index contributed by atoms with van der Waals surface area (Å²) in [6.07, 6.45) is -1.80. The second kappa shape index (κ2) is 10.1. The SMILES string of the molecule is COC(=O)C(C)NP(=O)(OC[C@H]1O[C@@H](n2ccc(=O)[nH]c2=O)[C@]2(CCO2)[C@@H]1O)Oc1ccccc1. The number of nitrogens with zero attached hydrogens (tertiary/aromatic N) is 1. The van der Waals surface area contributed by atoms with Crippen LogP contribution >= 0.6 is 7.75 Å². The van der Waals surface area contributed by atoms with E-state index >= 15 is 0 Å². The van der Waals surface area contributed by atoms with Crippen molar-refractivity contribution in [3.05, 3.63) is 63.4 Å². The van der Waals surface area contributed by atoms with Crippen molar-refractivity contribution in [1.82, 2.24) is 14.6 Å². The van der Waals surface area contributed by atoms with Crippen LogP contribution in [0.4, 0.5) is 0 Å². The van der Waals surface area contributed by atoms with Crippen LogP contribution in [0, 0.1) is 0 Å². The molecule has 1 aromatic carbocycles. The van der Waals surface area contributed by atoms with E-state index in [0.717, 1.165) is 10.6 Å². The lowest BCUT2D eigenvalue weighted by Crippen LogP contribution is -2.57. The molecular formula is C21H26N3O10P. The maximum absolute atomic E-state index is 13.5. The maximum atomic E-state index is 13.5. The Hall–Kier alpha value is -2.80. The van der Waals surface area contributed by atoms with Gasteiger partial charge in [-0.25, -0.2) is 9.36 Å². The lowest BCUT2D eigenvalue weighted by atomic mass is 9.86. The van der Waals surface area contributed by atoms with Gasteiger partial charge in [-0.2, -0.15) is 5.09 Å². The van der Waals surface area contributed by atoms with Crippen LogP contribution in [-0.2, 0) is 28.1 Å². The number of ether oxygens (including phenoxy) is 3. The molecule has 1 aromatic heterocycles. The first-order valence-corrected chi connectivity index (χ1v) is 12.4. The molecule has 3 heterocycles. The minimum atomic E-state index is -4.18. The van der Waals surface area contributed by atoms with Crippen molar-refractivity contribution in [2.24, 2.45) is 0 Å². The Balaban J connectivity index is 1.55. The molecule has 1 spiro atoms. The number of nitrogens with one attached hydrogen (secondary N) is 2. The van der Waals surface area contributed by atoms with E-state index in [0.29, 0.717) is 13.0 Å². The van der Waals surface area contributed by atoms with Crippen LogP contribution in [0.25, 0.3) is 0 Å². The normalized spacial score (nSPS) is 28.1. The summed E-state index contributed by atoms with van der Waals surface area (Å²) in [5.41, 5.74) is -2.58. The third-order valence-corrected chi connectivity index (χ3v) is 7.47. The number of hydrogen-bond donors (Lipinski definition) is 3. The molecule has 0 aliphatic carbocycles. The number of aromatic amines is 1. The zero-order valence-electron chi connectivity index (χ0n) is 19.0. The number of carbonyl (C=O) groups excluding carboxylic acids is 1. The Morgan fingerprint density at radius 2 is 2.06 bits per heavy atom. The Kier molecular flexibility index (Phi) is 7.27. The third-order valence-electron chi connectivity index (χ3n) is 5.83. The molecule has 6 atom stereocenters. The number of rotatable bonds is 9. The summed E-state index contributed by atoms with van der Waals surface area (Å²) in [5.74, 6) is -0.480. The summed E-state index contributed by atoms with van der Waals surface area (Å²) >= 11 is 0. The zero-order chi connectivity index (χ0) is 25.2. The lowest BCUT2D eigenvalue weighted by Gasteiger charge is -2.44. The van der Waals surface area contributed by atoms with E-state index in [1.165, 1.54) is 20.2 Å². The number of aromatic nitrogens is 2. The summed E-state index contributed by atoms with van der Waals surface area (Å²) in [6, 6.07) is 8.28. The van der Waals surface area contributed by atoms with Crippen LogP contribution in [-0.4, -0.2) is 64.8 Å². The van der Waals surface area contributed by atoms with Gasteiger partial charge in [0.25, 0.3) is 5.56 Å². The highest BCUT2D eigenvalue weighted by molar-refractivity contribution is 7.52. The van der Waals surface area contributed by atoms with Gasteiger partial charge in [0.1, 0.15) is 29.6 Å². The molecule has 0 bridgehead atoms. The largest absolute Gasteiger partial charge is 0.468 e. The Morgan fingerprint density at radius 3 is 2.66 bits per heavy atom. The topological polar surface area (TPSA) is 167 Å². The number of aliphatic hydroxyl groups is 1. The monoisotopic (exact) mass is 511 g/mol. The van der Waals surface area contributed by atoms with E-state index in [1.54, 1.807) is 30.3 Å². The minimum absolute atomic E-state index is 0.213. The van der Waals surface area contributed by atoms with E-state index in [1.807, 2.05) is 0 Å². The van der Waals surface area contributed by atoms with Crippen molar-refractivity contribution in [1.29, 1.82) is 0 Å². The number of benzene rings is 1. The first-order valence-electron chi connectivity index (χ1n) is 10.8. The molecule has 2 saturated heterocycles. The molecule has 2 aromatic rings. The molecule has 190 valence electrons. The molecule has 2 aliphatic rings. The molecule has 0 amide bonds. The van der Waals surface area contributed by atoms with Gasteiger partial charge in [0.2, 0.25) is 0 Å². The van der Waals surface area contributed by atoms with Crippen molar-refractivity contribution in [3.8, 4) is 5.75 Å². The van der Waals surface area contributed by atoms with Gasteiger partial charge in [0.15, 0.2) is 6.23 Å². The molecule has 35 heavy (non-hydrogen) atoms. The zero-order valence-corrected chi connectivity index (χ0v) is 19.9. The van der Waals surface area contributed by atoms with Crippen molar-refractivity contribution in [2.75, 3.05) is 20.3 Å². The molecule has 2 aliphatic heterocycles. The Morgan fingerprint density at radius 1 is 1.34 bits per heavy atom. The predicted molar refractivity (Wildman–Crippen MR) is 120 cm³/mol. The van der Waals surface area contributed by atoms with Crippen LogP contribution in [0.3, 0.4) is 0 Å². The van der Waals surface area contributed by atoms with E-state index < -0.39 is 61.7 Å². The molecule has 2 fully saturated rings. The second-order valence-electron chi connectivity index (χ2n) is 8.11. The number of H-pyrrole nitrogens is 1. The summed E-state index contributed by atoms with van der Waals surface area (Å²) in [5, 5.41) is 13.5. The van der Waals surface area contributed by atoms with Gasteiger partial charge in [-0.05, 0) is 19.1 Å². The smallest absolute Gasteiger partial charge is 0.459 e. The molecule has 3 N–H and O–H groups in total. The summed E-state index contributed by atoms with van der Waals surface area (Å²) in [6.45, 7) is 1.31. The number of para-hydroxylation sites is 1. The van der Waals surface area contributed by atoms with E-state index in [4.69, 9.17) is 18.5 Å². The van der Waals surface area contributed by atoms with Crippen molar-refractivity contribution in [2.45, 2.75) is 43.4 Å². The van der Waals surface area contributed by atoms with Crippen LogP contribution in [0.15, 0.2) is 52.2 Å². The van der Waals surface area contributed by atoms with E-state index in [-0.39, 0.29) is 5.75 Å². The highest BCUT2D eigenvalue weighted by atomic mass is 31.2. The standard InChI is InChI=1S/C21H26N3O10P/c1-13(18(27)30-2)23-35(29,34-14-6-4-3-5-7-14)32-12-15-17(26)21(9-11-31-21)19(33-15)24-10-8-16(25)22-20(24)28/h3-8,10,13,15,17,19,26H,9,11-12H2,1-2H3,(H,23,29)(H,22,25,28)/t13?,15-,17-,19-,21+,35?/m1/s1. The Labute approximate surface area is 199 Å². The number of carbonyl (C=O) groups is 1. The lowest BCUT2D eigenvalue weighted by molar-refractivity contribution is -0.227. The number of methoxy groups -OCH3 is 1. The highest BCUT2D eigenvalue weighted by Gasteiger charge is 2.62. The van der Waals surface area contributed by atoms with E-state index in [2.05, 4.69) is 14.8 Å². The van der Waals surface area contributed by atoms with Crippen LogP contribution in [0.5, 0.6) is 5.75 Å². The van der Waals surface area contributed by atoms with Gasteiger partial charge in [-0.3, -0.25) is 23.7 Å². The van der Waals surface area contributed by atoms with Crippen LogP contribution in [0.1, 0.15) is 19.6 Å². The third kappa shape index (κ3) is 5.10.